The van der Waals surface area contributed by atoms with Gasteiger partial charge in [0.25, 0.3) is 0 Å². The molecule has 122 valence electrons. The molecule has 0 bridgehead atoms. The van der Waals surface area contributed by atoms with Gasteiger partial charge < -0.3 is 10.1 Å². The van der Waals surface area contributed by atoms with Crippen molar-refractivity contribution < 1.29 is 13.9 Å². The Hall–Kier alpha value is -3.15. The predicted molar refractivity (Wildman–Crippen MR) is 88.7 cm³/mol. The lowest BCUT2D eigenvalue weighted by Gasteiger charge is -2.08. The third kappa shape index (κ3) is 3.98. The molecule has 0 saturated heterocycles. The van der Waals surface area contributed by atoms with Crippen molar-refractivity contribution in [1.29, 1.82) is 0 Å². The highest BCUT2D eigenvalue weighted by Crippen LogP contribution is 2.16. The van der Waals surface area contributed by atoms with Crippen molar-refractivity contribution in [3.8, 4) is 11.4 Å². The number of anilines is 1. The number of carbonyl (C=O) groups is 1. The van der Waals surface area contributed by atoms with Crippen molar-refractivity contribution in [3.05, 3.63) is 72.8 Å². The van der Waals surface area contributed by atoms with E-state index in [1.54, 1.807) is 35.1 Å². The minimum Gasteiger partial charge on any atom is -0.490 e. The van der Waals surface area contributed by atoms with Gasteiger partial charge in [0, 0.05) is 18.1 Å². The average molecular weight is 325 g/mol. The summed E-state index contributed by atoms with van der Waals surface area (Å²) in [4.78, 5) is 11.9. The van der Waals surface area contributed by atoms with Crippen LogP contribution in [0.25, 0.3) is 5.69 Å². The standard InChI is InChI=1S/C18H16FN3O2/c19-16-4-1-2-5-17(16)24-13-10-18(23)21-14-6-8-15(9-7-14)22-12-3-11-20-22/h1-9,11-12H,10,13H2,(H,21,23). The molecule has 0 aliphatic rings. The van der Waals surface area contributed by atoms with Crippen LogP contribution in [-0.4, -0.2) is 22.3 Å². The number of ether oxygens (including phenoxy) is 1. The van der Waals surface area contributed by atoms with E-state index in [1.165, 1.54) is 12.1 Å². The van der Waals surface area contributed by atoms with E-state index in [0.717, 1.165) is 5.69 Å². The second-order valence-corrected chi connectivity index (χ2v) is 5.07. The van der Waals surface area contributed by atoms with Crippen molar-refractivity contribution in [2.75, 3.05) is 11.9 Å². The lowest BCUT2D eigenvalue weighted by molar-refractivity contribution is -0.116. The first kappa shape index (κ1) is 15.7. The molecule has 1 N–H and O–H groups in total. The van der Waals surface area contributed by atoms with Gasteiger partial charge in [0.2, 0.25) is 5.91 Å². The van der Waals surface area contributed by atoms with Crippen molar-refractivity contribution >= 4 is 11.6 Å². The lowest BCUT2D eigenvalue weighted by Crippen LogP contribution is -2.15. The van der Waals surface area contributed by atoms with Crippen LogP contribution in [0, 0.1) is 5.82 Å². The maximum absolute atomic E-state index is 13.4. The molecule has 0 unspecified atom stereocenters. The Morgan fingerprint density at radius 2 is 1.92 bits per heavy atom. The number of para-hydroxylation sites is 1. The van der Waals surface area contributed by atoms with Gasteiger partial charge >= 0.3 is 0 Å². The maximum Gasteiger partial charge on any atom is 0.227 e. The van der Waals surface area contributed by atoms with Gasteiger partial charge in [-0.2, -0.15) is 5.10 Å². The Bertz CT molecular complexity index is 801. The van der Waals surface area contributed by atoms with Gasteiger partial charge in [0.15, 0.2) is 11.6 Å². The summed E-state index contributed by atoms with van der Waals surface area (Å²) in [6.07, 6.45) is 3.67. The van der Waals surface area contributed by atoms with E-state index < -0.39 is 5.82 Å². The molecule has 0 fully saturated rings. The number of aromatic nitrogens is 2. The second-order valence-electron chi connectivity index (χ2n) is 5.07. The number of carbonyl (C=O) groups excluding carboxylic acids is 1. The molecule has 1 heterocycles. The Morgan fingerprint density at radius 1 is 1.12 bits per heavy atom. The van der Waals surface area contributed by atoms with Crippen molar-refractivity contribution in [1.82, 2.24) is 9.78 Å². The number of nitrogens with zero attached hydrogens (tertiary/aromatic N) is 2. The van der Waals surface area contributed by atoms with Crippen molar-refractivity contribution in [2.45, 2.75) is 6.42 Å². The molecule has 0 atom stereocenters. The average Bonchev–Trinajstić information content (AvgIpc) is 3.12. The van der Waals surface area contributed by atoms with Gasteiger partial charge in [-0.05, 0) is 42.5 Å². The van der Waals surface area contributed by atoms with E-state index in [2.05, 4.69) is 10.4 Å². The SMILES string of the molecule is O=C(CCOc1ccccc1F)Nc1ccc(-n2cccn2)cc1. The highest BCUT2D eigenvalue weighted by atomic mass is 19.1. The molecule has 6 heteroatoms. The van der Waals surface area contributed by atoms with Gasteiger partial charge in [-0.3, -0.25) is 4.79 Å². The zero-order valence-corrected chi connectivity index (χ0v) is 12.9. The lowest BCUT2D eigenvalue weighted by atomic mass is 10.2. The van der Waals surface area contributed by atoms with Gasteiger partial charge in [-0.15, -0.1) is 0 Å². The molecular formula is C18H16FN3O2. The summed E-state index contributed by atoms with van der Waals surface area (Å²) < 4.78 is 20.4. The highest BCUT2D eigenvalue weighted by molar-refractivity contribution is 5.90. The van der Waals surface area contributed by atoms with Crippen LogP contribution >= 0.6 is 0 Å². The summed E-state index contributed by atoms with van der Waals surface area (Å²) >= 11 is 0. The fraction of sp³-hybridized carbons (Fsp3) is 0.111. The molecule has 0 spiro atoms. The molecule has 3 aromatic rings. The van der Waals surface area contributed by atoms with Gasteiger partial charge in [-0.25, -0.2) is 9.07 Å². The molecule has 0 aliphatic heterocycles. The molecule has 0 saturated carbocycles. The number of hydrogen-bond donors (Lipinski definition) is 1. The first-order valence-corrected chi connectivity index (χ1v) is 7.49. The minimum absolute atomic E-state index is 0.109. The Morgan fingerprint density at radius 3 is 2.62 bits per heavy atom. The topological polar surface area (TPSA) is 56.1 Å². The highest BCUT2D eigenvalue weighted by Gasteiger charge is 2.06. The van der Waals surface area contributed by atoms with E-state index in [1.807, 2.05) is 24.4 Å². The van der Waals surface area contributed by atoms with Crippen molar-refractivity contribution in [2.24, 2.45) is 0 Å². The Kier molecular flexibility index (Phi) is 4.86. The monoisotopic (exact) mass is 325 g/mol. The third-order valence-electron chi connectivity index (χ3n) is 3.34. The Labute approximate surface area is 138 Å². The smallest absolute Gasteiger partial charge is 0.227 e. The summed E-state index contributed by atoms with van der Waals surface area (Å²) in [5.74, 6) is -0.487. The molecule has 2 aromatic carbocycles. The fourth-order valence-electron chi connectivity index (χ4n) is 2.16. The number of rotatable bonds is 6. The zero-order valence-electron chi connectivity index (χ0n) is 12.9. The van der Waals surface area contributed by atoms with Crippen LogP contribution < -0.4 is 10.1 Å². The van der Waals surface area contributed by atoms with Crippen LogP contribution in [0.15, 0.2) is 67.0 Å². The molecule has 1 amide bonds. The molecule has 24 heavy (non-hydrogen) atoms. The molecule has 0 radical (unpaired) electrons. The van der Waals surface area contributed by atoms with Gasteiger partial charge in [-0.1, -0.05) is 12.1 Å². The summed E-state index contributed by atoms with van der Waals surface area (Å²) in [5, 5.41) is 6.91. The molecule has 3 rings (SSSR count). The maximum atomic E-state index is 13.4. The van der Waals surface area contributed by atoms with Crippen LogP contribution in [0.1, 0.15) is 6.42 Å². The second kappa shape index (κ2) is 7.41. The van der Waals surface area contributed by atoms with E-state index in [9.17, 15) is 9.18 Å². The summed E-state index contributed by atoms with van der Waals surface area (Å²) in [7, 11) is 0. The number of halogens is 1. The summed E-state index contributed by atoms with van der Waals surface area (Å²) in [6, 6.07) is 15.3. The van der Waals surface area contributed by atoms with Crippen molar-refractivity contribution in [3.63, 3.8) is 0 Å². The number of amides is 1. The van der Waals surface area contributed by atoms with E-state index in [0.29, 0.717) is 5.69 Å². The predicted octanol–water partition coefficient (Wildman–Crippen LogP) is 3.42. The van der Waals surface area contributed by atoms with E-state index in [-0.39, 0.29) is 24.7 Å². The van der Waals surface area contributed by atoms with Crippen LogP contribution in [0.5, 0.6) is 5.75 Å². The quantitative estimate of drug-likeness (QED) is 0.755. The van der Waals surface area contributed by atoms with Gasteiger partial charge in [0.05, 0.1) is 18.7 Å². The number of hydrogen-bond acceptors (Lipinski definition) is 3. The third-order valence-corrected chi connectivity index (χ3v) is 3.34. The Balaban J connectivity index is 1.49. The van der Waals surface area contributed by atoms with Gasteiger partial charge in [0.1, 0.15) is 0 Å². The number of benzene rings is 2. The molecule has 5 nitrogen and oxygen atoms in total. The minimum atomic E-state index is -0.438. The van der Waals surface area contributed by atoms with Crippen LogP contribution in [0.4, 0.5) is 10.1 Å². The molecule has 1 aromatic heterocycles. The van der Waals surface area contributed by atoms with Crippen LogP contribution in [0.3, 0.4) is 0 Å². The fourth-order valence-corrected chi connectivity index (χ4v) is 2.16. The first-order chi connectivity index (χ1) is 11.7. The number of nitrogens with one attached hydrogen (secondary N) is 1. The summed E-state index contributed by atoms with van der Waals surface area (Å²) in [5.41, 5.74) is 1.59. The summed E-state index contributed by atoms with van der Waals surface area (Å²) in [6.45, 7) is 0.109. The first-order valence-electron chi connectivity index (χ1n) is 7.49. The molecule has 0 aliphatic carbocycles. The largest absolute Gasteiger partial charge is 0.490 e. The zero-order chi connectivity index (χ0) is 16.8. The van der Waals surface area contributed by atoms with Crippen LogP contribution in [-0.2, 0) is 4.79 Å². The molecular weight excluding hydrogens is 309 g/mol. The van der Waals surface area contributed by atoms with E-state index >= 15 is 0 Å². The van der Waals surface area contributed by atoms with E-state index in [4.69, 9.17) is 4.74 Å². The van der Waals surface area contributed by atoms with Crippen LogP contribution in [0.2, 0.25) is 0 Å². The normalized spacial score (nSPS) is 10.4.